The minimum Gasteiger partial charge on any atom is -0.493 e. The zero-order valence-corrected chi connectivity index (χ0v) is 9.21. The highest BCUT2D eigenvalue weighted by atomic mass is 19.1. The van der Waals surface area contributed by atoms with Crippen molar-refractivity contribution >= 4 is 0 Å². The van der Waals surface area contributed by atoms with Crippen LogP contribution in [0.1, 0.15) is 24.1 Å². The van der Waals surface area contributed by atoms with E-state index in [1.54, 1.807) is 20.1 Å². The van der Waals surface area contributed by atoms with Crippen LogP contribution in [0.2, 0.25) is 0 Å². The molecular weight excluding hydrogens is 197 g/mol. The van der Waals surface area contributed by atoms with Gasteiger partial charge in [0.25, 0.3) is 0 Å². The van der Waals surface area contributed by atoms with E-state index in [9.17, 15) is 4.39 Å². The minimum absolute atomic E-state index is 0.213. The zero-order valence-electron chi connectivity index (χ0n) is 9.21. The van der Waals surface area contributed by atoms with Crippen molar-refractivity contribution < 1.29 is 13.9 Å². The van der Waals surface area contributed by atoms with Crippen LogP contribution in [0.25, 0.3) is 0 Å². The van der Waals surface area contributed by atoms with Crippen LogP contribution in [0.5, 0.6) is 5.75 Å². The number of benzene rings is 1. The van der Waals surface area contributed by atoms with Gasteiger partial charge in [0.05, 0.1) is 13.7 Å². The first-order valence-corrected chi connectivity index (χ1v) is 4.71. The molecular formula is C11H16FNO2. The van der Waals surface area contributed by atoms with Gasteiger partial charge in [-0.25, -0.2) is 4.39 Å². The van der Waals surface area contributed by atoms with Crippen molar-refractivity contribution in [3.8, 4) is 5.75 Å². The topological polar surface area (TPSA) is 44.5 Å². The maximum atomic E-state index is 13.6. The van der Waals surface area contributed by atoms with Crippen molar-refractivity contribution in [2.75, 3.05) is 14.2 Å². The molecule has 84 valence electrons. The average Bonchev–Trinajstić information content (AvgIpc) is 2.17. The number of methoxy groups -OCH3 is 2. The molecule has 0 fully saturated rings. The van der Waals surface area contributed by atoms with Gasteiger partial charge in [0.15, 0.2) is 11.6 Å². The summed E-state index contributed by atoms with van der Waals surface area (Å²) in [6, 6.07) is 2.93. The summed E-state index contributed by atoms with van der Waals surface area (Å²) in [7, 11) is 2.99. The van der Waals surface area contributed by atoms with E-state index in [-0.39, 0.29) is 11.8 Å². The zero-order chi connectivity index (χ0) is 11.4. The summed E-state index contributed by atoms with van der Waals surface area (Å²) in [6.45, 7) is 2.15. The van der Waals surface area contributed by atoms with Gasteiger partial charge >= 0.3 is 0 Å². The number of nitrogens with two attached hydrogens (primary N) is 1. The second-order valence-corrected chi connectivity index (χ2v) is 3.42. The monoisotopic (exact) mass is 213 g/mol. The number of halogens is 1. The predicted octanol–water partition coefficient (Wildman–Crippen LogP) is 2.00. The fourth-order valence-electron chi connectivity index (χ4n) is 1.48. The molecule has 0 saturated carbocycles. The van der Waals surface area contributed by atoms with Crippen LogP contribution in [0.15, 0.2) is 12.1 Å². The fraction of sp³-hybridized carbons (Fsp3) is 0.455. The third kappa shape index (κ3) is 2.67. The van der Waals surface area contributed by atoms with Crippen molar-refractivity contribution in [2.45, 2.75) is 19.6 Å². The van der Waals surface area contributed by atoms with Crippen molar-refractivity contribution in [2.24, 2.45) is 5.73 Å². The van der Waals surface area contributed by atoms with E-state index in [0.29, 0.717) is 12.2 Å². The van der Waals surface area contributed by atoms with Crippen LogP contribution in [0.3, 0.4) is 0 Å². The molecule has 0 saturated heterocycles. The first kappa shape index (κ1) is 11.9. The molecule has 0 aliphatic heterocycles. The van der Waals surface area contributed by atoms with E-state index in [2.05, 4.69) is 0 Å². The summed E-state index contributed by atoms with van der Waals surface area (Å²) in [5, 5.41) is 0. The van der Waals surface area contributed by atoms with Crippen LogP contribution >= 0.6 is 0 Å². The first-order valence-electron chi connectivity index (χ1n) is 4.71. The summed E-state index contributed by atoms with van der Waals surface area (Å²) < 4.78 is 23.5. The van der Waals surface area contributed by atoms with Crippen LogP contribution in [-0.2, 0) is 11.3 Å². The summed E-state index contributed by atoms with van der Waals surface area (Å²) in [5.74, 6) is -0.191. The quantitative estimate of drug-likeness (QED) is 0.832. The van der Waals surface area contributed by atoms with E-state index in [1.807, 2.05) is 0 Å². The molecule has 1 unspecified atom stereocenters. The van der Waals surface area contributed by atoms with Gasteiger partial charge in [0, 0.05) is 18.7 Å². The van der Waals surface area contributed by atoms with Gasteiger partial charge < -0.3 is 15.2 Å². The molecule has 0 amide bonds. The van der Waals surface area contributed by atoms with E-state index in [0.717, 1.165) is 5.56 Å². The Morgan fingerprint density at radius 2 is 2.07 bits per heavy atom. The normalized spacial score (nSPS) is 12.6. The first-order chi connectivity index (χ1) is 7.10. The van der Waals surface area contributed by atoms with Gasteiger partial charge in [-0.05, 0) is 24.6 Å². The van der Waals surface area contributed by atoms with Crippen LogP contribution in [0.4, 0.5) is 4.39 Å². The molecule has 15 heavy (non-hydrogen) atoms. The molecule has 0 heterocycles. The molecule has 1 aromatic carbocycles. The van der Waals surface area contributed by atoms with E-state index < -0.39 is 5.82 Å². The Morgan fingerprint density at radius 3 is 2.53 bits per heavy atom. The summed E-state index contributed by atoms with van der Waals surface area (Å²) in [6.07, 6.45) is 0. The molecule has 1 rings (SSSR count). The van der Waals surface area contributed by atoms with Crippen molar-refractivity contribution in [1.82, 2.24) is 0 Å². The summed E-state index contributed by atoms with van der Waals surface area (Å²) >= 11 is 0. The molecule has 0 aromatic heterocycles. The molecule has 0 aliphatic rings. The Bertz CT molecular complexity index is 340. The Balaban J connectivity index is 3.19. The largest absolute Gasteiger partial charge is 0.493 e. The van der Waals surface area contributed by atoms with Gasteiger partial charge in [0.2, 0.25) is 0 Å². The molecule has 2 N–H and O–H groups in total. The lowest BCUT2D eigenvalue weighted by Gasteiger charge is -2.14. The highest BCUT2D eigenvalue weighted by Gasteiger charge is 2.14. The Morgan fingerprint density at radius 1 is 1.40 bits per heavy atom. The van der Waals surface area contributed by atoms with Crippen molar-refractivity contribution in [1.29, 1.82) is 0 Å². The maximum absolute atomic E-state index is 13.6. The van der Waals surface area contributed by atoms with E-state index in [1.165, 1.54) is 13.2 Å². The maximum Gasteiger partial charge on any atom is 0.165 e. The number of hydrogen-bond donors (Lipinski definition) is 1. The second kappa shape index (κ2) is 5.09. The van der Waals surface area contributed by atoms with Gasteiger partial charge in [-0.3, -0.25) is 0 Å². The second-order valence-electron chi connectivity index (χ2n) is 3.42. The molecule has 0 spiro atoms. The SMILES string of the molecule is COCc1cc(F)c(OC)c(C(C)N)c1. The predicted molar refractivity (Wildman–Crippen MR) is 56.3 cm³/mol. The molecule has 0 radical (unpaired) electrons. The van der Waals surface area contributed by atoms with E-state index >= 15 is 0 Å². The van der Waals surface area contributed by atoms with E-state index in [4.69, 9.17) is 15.2 Å². The molecule has 0 aliphatic carbocycles. The summed E-state index contributed by atoms with van der Waals surface area (Å²) in [5.41, 5.74) is 7.15. The van der Waals surface area contributed by atoms with Crippen molar-refractivity contribution in [3.05, 3.63) is 29.1 Å². The fourth-order valence-corrected chi connectivity index (χ4v) is 1.48. The highest BCUT2D eigenvalue weighted by molar-refractivity contribution is 5.40. The average molecular weight is 213 g/mol. The molecule has 4 heteroatoms. The Kier molecular flexibility index (Phi) is 4.05. The van der Waals surface area contributed by atoms with Crippen LogP contribution in [0, 0.1) is 5.82 Å². The van der Waals surface area contributed by atoms with Crippen molar-refractivity contribution in [3.63, 3.8) is 0 Å². The lowest BCUT2D eigenvalue weighted by atomic mass is 10.0. The Labute approximate surface area is 89.0 Å². The molecule has 1 aromatic rings. The van der Waals surface area contributed by atoms with Crippen LogP contribution in [-0.4, -0.2) is 14.2 Å². The summed E-state index contributed by atoms with van der Waals surface area (Å²) in [4.78, 5) is 0. The lowest BCUT2D eigenvalue weighted by Crippen LogP contribution is -2.09. The van der Waals surface area contributed by atoms with Gasteiger partial charge in [-0.2, -0.15) is 0 Å². The Hall–Kier alpha value is -1.13. The van der Waals surface area contributed by atoms with Crippen LogP contribution < -0.4 is 10.5 Å². The van der Waals surface area contributed by atoms with Gasteiger partial charge in [-0.15, -0.1) is 0 Å². The number of hydrogen-bond acceptors (Lipinski definition) is 3. The van der Waals surface area contributed by atoms with Gasteiger partial charge in [-0.1, -0.05) is 0 Å². The van der Waals surface area contributed by atoms with Gasteiger partial charge in [0.1, 0.15) is 0 Å². The minimum atomic E-state index is -0.403. The molecule has 1 atom stereocenters. The number of rotatable bonds is 4. The highest BCUT2D eigenvalue weighted by Crippen LogP contribution is 2.28. The third-order valence-corrected chi connectivity index (χ3v) is 2.14. The smallest absolute Gasteiger partial charge is 0.165 e. The number of ether oxygens (including phenoxy) is 2. The third-order valence-electron chi connectivity index (χ3n) is 2.14. The standard InChI is InChI=1S/C11H16FNO2/c1-7(13)9-4-8(6-14-2)5-10(12)11(9)15-3/h4-5,7H,6,13H2,1-3H3. The lowest BCUT2D eigenvalue weighted by molar-refractivity contribution is 0.184. The molecule has 3 nitrogen and oxygen atoms in total. The molecule has 0 bridgehead atoms.